The number of carbonyl (C=O) groups is 2. The van der Waals surface area contributed by atoms with Gasteiger partial charge in [-0.3, -0.25) is 14.5 Å². The van der Waals surface area contributed by atoms with Gasteiger partial charge in [-0.15, -0.1) is 0 Å². The van der Waals surface area contributed by atoms with E-state index in [9.17, 15) is 14.4 Å². The lowest BCUT2D eigenvalue weighted by Crippen LogP contribution is -2.39. The Kier molecular flexibility index (Phi) is 8.09. The zero-order valence-corrected chi connectivity index (χ0v) is 18.9. The number of methoxy groups -OCH3 is 1. The molecular weight excluding hydrogens is 400 g/mol. The molecular formula is C22H34N4O5. The van der Waals surface area contributed by atoms with Crippen LogP contribution in [0.15, 0.2) is 10.9 Å². The van der Waals surface area contributed by atoms with E-state index in [2.05, 4.69) is 4.90 Å². The summed E-state index contributed by atoms with van der Waals surface area (Å²) in [6.07, 6.45) is 4.04. The molecule has 0 aliphatic carbocycles. The Hall–Kier alpha value is -2.39. The Balaban J connectivity index is 1.80. The number of ether oxygens (including phenoxy) is 2. The fraction of sp³-hybridized carbons (Fsp3) is 0.682. The number of hydrogen-bond acceptors (Lipinski definition) is 7. The number of rotatable bonds is 7. The molecule has 1 saturated heterocycles. The van der Waals surface area contributed by atoms with Gasteiger partial charge in [0.1, 0.15) is 17.9 Å². The summed E-state index contributed by atoms with van der Waals surface area (Å²) in [7, 11) is 5.02. The molecule has 1 amide bonds. The SMILES string of the molecule is COC(=O)c1c(OCCN2CCCCC2)cc(=O)n2c1CCN(C(=O)CN(C)C)CC2. The summed E-state index contributed by atoms with van der Waals surface area (Å²) < 4.78 is 12.5. The summed E-state index contributed by atoms with van der Waals surface area (Å²) in [4.78, 5) is 43.9. The van der Waals surface area contributed by atoms with Gasteiger partial charge in [0, 0.05) is 44.4 Å². The van der Waals surface area contributed by atoms with Crippen LogP contribution < -0.4 is 10.3 Å². The van der Waals surface area contributed by atoms with Crippen LogP contribution in [0.5, 0.6) is 5.75 Å². The maximum Gasteiger partial charge on any atom is 0.343 e. The van der Waals surface area contributed by atoms with Crippen molar-refractivity contribution in [2.45, 2.75) is 32.2 Å². The van der Waals surface area contributed by atoms with Crippen molar-refractivity contribution in [2.75, 3.05) is 67.1 Å². The predicted octanol–water partition coefficient (Wildman–Crippen LogP) is 0.446. The number of nitrogens with zero attached hydrogens (tertiary/aromatic N) is 4. The van der Waals surface area contributed by atoms with E-state index in [-0.39, 0.29) is 17.2 Å². The largest absolute Gasteiger partial charge is 0.491 e. The van der Waals surface area contributed by atoms with Gasteiger partial charge in [-0.25, -0.2) is 4.79 Å². The third-order valence-electron chi connectivity index (χ3n) is 5.90. The normalized spacial score (nSPS) is 17.2. The van der Waals surface area contributed by atoms with E-state index in [1.54, 1.807) is 9.47 Å². The topological polar surface area (TPSA) is 84.3 Å². The molecule has 0 aromatic carbocycles. The highest BCUT2D eigenvalue weighted by atomic mass is 16.5. The minimum absolute atomic E-state index is 0.00322. The molecule has 172 valence electrons. The number of aromatic nitrogens is 1. The molecule has 0 bridgehead atoms. The van der Waals surface area contributed by atoms with Gasteiger partial charge >= 0.3 is 5.97 Å². The Bertz CT molecular complexity index is 845. The summed E-state index contributed by atoms with van der Waals surface area (Å²) in [5.41, 5.74) is 0.646. The first-order valence-corrected chi connectivity index (χ1v) is 11.0. The van der Waals surface area contributed by atoms with E-state index >= 15 is 0 Å². The van der Waals surface area contributed by atoms with E-state index < -0.39 is 5.97 Å². The molecule has 1 aromatic heterocycles. The van der Waals surface area contributed by atoms with Crippen LogP contribution in [0.2, 0.25) is 0 Å². The standard InChI is InChI=1S/C22H34N4O5/c1-23(2)16-20(28)25-10-7-17-21(22(29)30-3)18(15-19(27)26(17)12-11-25)31-14-13-24-8-5-4-6-9-24/h15H,4-14,16H2,1-3H3. The molecule has 1 aromatic rings. The summed E-state index contributed by atoms with van der Waals surface area (Å²) >= 11 is 0. The van der Waals surface area contributed by atoms with Gasteiger partial charge in [0.15, 0.2) is 0 Å². The number of amides is 1. The molecule has 31 heavy (non-hydrogen) atoms. The van der Waals surface area contributed by atoms with E-state index in [1.807, 2.05) is 19.0 Å². The lowest BCUT2D eigenvalue weighted by Gasteiger charge is -2.26. The van der Waals surface area contributed by atoms with Gasteiger partial charge in [-0.1, -0.05) is 6.42 Å². The number of hydrogen-bond donors (Lipinski definition) is 0. The molecule has 2 aliphatic rings. The first-order chi connectivity index (χ1) is 14.9. The average Bonchev–Trinajstić information content (AvgIpc) is 2.97. The van der Waals surface area contributed by atoms with Crippen molar-refractivity contribution in [1.29, 1.82) is 0 Å². The number of pyridine rings is 1. The third-order valence-corrected chi connectivity index (χ3v) is 5.90. The van der Waals surface area contributed by atoms with Gasteiger partial charge in [0.05, 0.1) is 13.7 Å². The highest BCUT2D eigenvalue weighted by Gasteiger charge is 2.27. The first-order valence-electron chi connectivity index (χ1n) is 11.0. The van der Waals surface area contributed by atoms with Crippen molar-refractivity contribution in [3.05, 3.63) is 27.7 Å². The van der Waals surface area contributed by atoms with Crippen LogP contribution >= 0.6 is 0 Å². The summed E-state index contributed by atoms with van der Waals surface area (Å²) in [5.74, 6) is -0.249. The molecule has 3 heterocycles. The van der Waals surface area contributed by atoms with Crippen LogP contribution in [0, 0.1) is 0 Å². The van der Waals surface area contributed by atoms with E-state index in [0.29, 0.717) is 50.5 Å². The van der Waals surface area contributed by atoms with E-state index in [4.69, 9.17) is 9.47 Å². The molecule has 0 N–H and O–H groups in total. The van der Waals surface area contributed by atoms with Crippen molar-refractivity contribution < 1.29 is 19.1 Å². The highest BCUT2D eigenvalue weighted by molar-refractivity contribution is 5.93. The Morgan fingerprint density at radius 1 is 1.06 bits per heavy atom. The van der Waals surface area contributed by atoms with Crippen molar-refractivity contribution in [1.82, 2.24) is 19.3 Å². The van der Waals surface area contributed by atoms with Crippen LogP contribution in [0.4, 0.5) is 0 Å². The van der Waals surface area contributed by atoms with Crippen LogP contribution in [0.3, 0.4) is 0 Å². The van der Waals surface area contributed by atoms with E-state index in [1.165, 1.54) is 32.4 Å². The third kappa shape index (κ3) is 5.86. The molecule has 9 heteroatoms. The lowest BCUT2D eigenvalue weighted by molar-refractivity contribution is -0.131. The van der Waals surface area contributed by atoms with Crippen molar-refractivity contribution in [3.8, 4) is 5.75 Å². The molecule has 0 radical (unpaired) electrons. The Labute approximate surface area is 183 Å². The molecule has 0 saturated carbocycles. The van der Waals surface area contributed by atoms with E-state index in [0.717, 1.165) is 19.6 Å². The second kappa shape index (κ2) is 10.8. The summed E-state index contributed by atoms with van der Waals surface area (Å²) in [5, 5.41) is 0. The second-order valence-electron chi connectivity index (χ2n) is 8.43. The fourth-order valence-corrected chi connectivity index (χ4v) is 4.27. The molecule has 9 nitrogen and oxygen atoms in total. The Morgan fingerprint density at radius 3 is 2.48 bits per heavy atom. The van der Waals surface area contributed by atoms with Crippen LogP contribution in [-0.4, -0.2) is 98.2 Å². The van der Waals surface area contributed by atoms with Gasteiger partial charge in [0.2, 0.25) is 5.91 Å². The Morgan fingerprint density at radius 2 is 1.81 bits per heavy atom. The first kappa shape index (κ1) is 23.3. The van der Waals surface area contributed by atoms with Gasteiger partial charge in [0.25, 0.3) is 5.56 Å². The number of likely N-dealkylation sites (N-methyl/N-ethyl adjacent to an activating group) is 1. The number of likely N-dealkylation sites (tertiary alicyclic amines) is 1. The van der Waals surface area contributed by atoms with Crippen LogP contribution in [0.1, 0.15) is 35.3 Å². The maximum absolute atomic E-state index is 12.8. The molecule has 0 spiro atoms. The summed E-state index contributed by atoms with van der Waals surface area (Å²) in [6.45, 7) is 4.77. The second-order valence-corrected chi connectivity index (χ2v) is 8.43. The smallest absolute Gasteiger partial charge is 0.343 e. The predicted molar refractivity (Wildman–Crippen MR) is 117 cm³/mol. The number of esters is 1. The number of carbonyl (C=O) groups excluding carboxylic acids is 2. The zero-order valence-electron chi connectivity index (χ0n) is 18.9. The number of fused-ring (bicyclic) bond motifs is 1. The molecule has 0 unspecified atom stereocenters. The van der Waals surface area contributed by atoms with Crippen LogP contribution in [0.25, 0.3) is 0 Å². The van der Waals surface area contributed by atoms with Gasteiger partial charge in [-0.2, -0.15) is 0 Å². The van der Waals surface area contributed by atoms with Crippen molar-refractivity contribution in [3.63, 3.8) is 0 Å². The highest BCUT2D eigenvalue weighted by Crippen LogP contribution is 2.24. The van der Waals surface area contributed by atoms with Gasteiger partial charge < -0.3 is 23.8 Å². The minimum atomic E-state index is -0.523. The number of piperidine rings is 1. The average molecular weight is 435 g/mol. The molecule has 3 rings (SSSR count). The molecule has 2 aliphatic heterocycles. The zero-order chi connectivity index (χ0) is 22.4. The summed E-state index contributed by atoms with van der Waals surface area (Å²) in [6, 6.07) is 1.38. The monoisotopic (exact) mass is 434 g/mol. The van der Waals surface area contributed by atoms with Crippen LogP contribution in [-0.2, 0) is 22.5 Å². The van der Waals surface area contributed by atoms with Crippen molar-refractivity contribution in [2.24, 2.45) is 0 Å². The van der Waals surface area contributed by atoms with Crippen molar-refractivity contribution >= 4 is 11.9 Å². The lowest BCUT2D eigenvalue weighted by atomic mass is 10.1. The fourth-order valence-electron chi connectivity index (χ4n) is 4.27. The van der Waals surface area contributed by atoms with Gasteiger partial charge in [-0.05, 0) is 40.0 Å². The molecule has 1 fully saturated rings. The minimum Gasteiger partial charge on any atom is -0.491 e. The molecule has 0 atom stereocenters. The maximum atomic E-state index is 12.8. The quantitative estimate of drug-likeness (QED) is 0.576.